The number of β-amino-alcohol motifs (C(OH)–C–C–N with tert-alkyl or cyclic N) is 1. The Kier molecular flexibility index (Phi) is 5.80. The molecule has 1 aromatic carbocycles. The van der Waals surface area contributed by atoms with E-state index in [4.69, 9.17) is 9.47 Å². The van der Waals surface area contributed by atoms with E-state index in [9.17, 15) is 5.11 Å². The summed E-state index contributed by atoms with van der Waals surface area (Å²) in [5.74, 6) is 2.64. The van der Waals surface area contributed by atoms with E-state index in [1.807, 2.05) is 0 Å². The summed E-state index contributed by atoms with van der Waals surface area (Å²) in [7, 11) is 0. The van der Waals surface area contributed by atoms with Gasteiger partial charge < -0.3 is 14.6 Å². The molecular weight excluding hydrogens is 430 g/mol. The highest BCUT2D eigenvalue weighted by Crippen LogP contribution is 2.57. The molecule has 3 atom stereocenters. The lowest BCUT2D eigenvalue weighted by Crippen LogP contribution is -2.53. The van der Waals surface area contributed by atoms with Crippen LogP contribution in [0.1, 0.15) is 57.1 Å². The van der Waals surface area contributed by atoms with E-state index < -0.39 is 6.10 Å². The summed E-state index contributed by atoms with van der Waals surface area (Å²) in [6.07, 6.45) is 7.57. The monoisotopic (exact) mass is 463 g/mol. The van der Waals surface area contributed by atoms with Gasteiger partial charge >= 0.3 is 0 Å². The number of nitrogens with zero attached hydrogens (tertiary/aromatic N) is 1. The standard InChI is InChI=1S/C24H34BrNO3/c1-16-23(20-2-4-21(25)5-3-20)28-7-6-26(16)14-22(27)15-29-24-11-17-8-18(12-24)10-19(9-17)13-24/h2-5,16-19,22-23,27H,6-15H2,1H3. The predicted molar refractivity (Wildman–Crippen MR) is 117 cm³/mol. The molecule has 5 fully saturated rings. The average Bonchev–Trinajstić information content (AvgIpc) is 2.68. The second kappa shape index (κ2) is 8.23. The Morgan fingerprint density at radius 2 is 1.76 bits per heavy atom. The minimum atomic E-state index is -0.436. The van der Waals surface area contributed by atoms with Gasteiger partial charge in [-0.05, 0) is 80.9 Å². The molecule has 1 aromatic rings. The lowest BCUT2D eigenvalue weighted by atomic mass is 9.54. The third-order valence-electron chi connectivity index (χ3n) is 7.90. The molecule has 1 aliphatic heterocycles. The first-order valence-corrected chi connectivity index (χ1v) is 12.2. The number of ether oxygens (including phenoxy) is 2. The summed E-state index contributed by atoms with van der Waals surface area (Å²) in [4.78, 5) is 2.37. The van der Waals surface area contributed by atoms with E-state index in [0.717, 1.165) is 28.8 Å². The molecule has 4 bridgehead atoms. The summed E-state index contributed by atoms with van der Waals surface area (Å²) < 4.78 is 13.7. The zero-order valence-electron chi connectivity index (χ0n) is 17.4. The Morgan fingerprint density at radius 3 is 2.38 bits per heavy atom. The zero-order chi connectivity index (χ0) is 20.0. The van der Waals surface area contributed by atoms with Crippen LogP contribution in [0.15, 0.2) is 28.7 Å². The number of benzene rings is 1. The smallest absolute Gasteiger partial charge is 0.0977 e. The normalized spacial score (nSPS) is 40.3. The highest BCUT2D eigenvalue weighted by atomic mass is 79.9. The van der Waals surface area contributed by atoms with Gasteiger partial charge in [0.05, 0.1) is 31.0 Å². The largest absolute Gasteiger partial charge is 0.389 e. The maximum atomic E-state index is 10.8. The van der Waals surface area contributed by atoms with E-state index >= 15 is 0 Å². The van der Waals surface area contributed by atoms with Gasteiger partial charge in [-0.25, -0.2) is 0 Å². The summed E-state index contributed by atoms with van der Waals surface area (Å²) in [5, 5.41) is 10.8. The van der Waals surface area contributed by atoms with Gasteiger partial charge in [0.1, 0.15) is 0 Å². The number of rotatable bonds is 6. The molecule has 4 aliphatic carbocycles. The minimum absolute atomic E-state index is 0.0492. The molecule has 0 aromatic heterocycles. The van der Waals surface area contributed by atoms with Gasteiger partial charge in [0.2, 0.25) is 0 Å². The Morgan fingerprint density at radius 1 is 1.14 bits per heavy atom. The van der Waals surface area contributed by atoms with Crippen LogP contribution in [-0.2, 0) is 9.47 Å². The predicted octanol–water partition coefficient (Wildman–Crippen LogP) is 4.56. The maximum Gasteiger partial charge on any atom is 0.0977 e. The average molecular weight is 464 g/mol. The van der Waals surface area contributed by atoms with E-state index in [-0.39, 0.29) is 17.7 Å². The molecule has 1 N–H and O–H groups in total. The molecule has 29 heavy (non-hydrogen) atoms. The Balaban J connectivity index is 1.16. The zero-order valence-corrected chi connectivity index (χ0v) is 19.0. The quantitative estimate of drug-likeness (QED) is 0.671. The van der Waals surface area contributed by atoms with Gasteiger partial charge in [0.25, 0.3) is 0 Å². The van der Waals surface area contributed by atoms with Crippen LogP contribution in [0.4, 0.5) is 0 Å². The van der Waals surface area contributed by atoms with Crippen LogP contribution >= 0.6 is 15.9 Å². The van der Waals surface area contributed by atoms with Gasteiger partial charge in [0, 0.05) is 23.6 Å². The lowest BCUT2D eigenvalue weighted by Gasteiger charge is -2.56. The molecule has 4 nitrogen and oxygen atoms in total. The van der Waals surface area contributed by atoms with Crippen molar-refractivity contribution >= 4 is 15.9 Å². The van der Waals surface area contributed by atoms with Crippen LogP contribution in [0.3, 0.4) is 0 Å². The minimum Gasteiger partial charge on any atom is -0.389 e. The summed E-state index contributed by atoms with van der Waals surface area (Å²) >= 11 is 3.51. The number of aliphatic hydroxyl groups is 1. The van der Waals surface area contributed by atoms with Gasteiger partial charge in [-0.3, -0.25) is 4.90 Å². The van der Waals surface area contributed by atoms with E-state index in [0.29, 0.717) is 19.8 Å². The summed E-state index contributed by atoms with van der Waals surface area (Å²) in [6.45, 7) is 4.90. The molecule has 5 aliphatic rings. The molecule has 0 amide bonds. The molecule has 1 saturated heterocycles. The van der Waals surface area contributed by atoms with Crippen LogP contribution in [0.5, 0.6) is 0 Å². The van der Waals surface area contributed by atoms with Crippen LogP contribution in [-0.4, -0.2) is 54.1 Å². The van der Waals surface area contributed by atoms with Crippen molar-refractivity contribution in [3.05, 3.63) is 34.3 Å². The molecule has 5 heteroatoms. The molecule has 3 unspecified atom stereocenters. The summed E-state index contributed by atoms with van der Waals surface area (Å²) in [6, 6.07) is 8.62. The summed E-state index contributed by atoms with van der Waals surface area (Å²) in [5.41, 5.74) is 1.27. The number of aliphatic hydroxyl groups excluding tert-OH is 1. The van der Waals surface area contributed by atoms with E-state index in [1.54, 1.807) is 0 Å². The van der Waals surface area contributed by atoms with Crippen LogP contribution in [0, 0.1) is 17.8 Å². The van der Waals surface area contributed by atoms with Crippen molar-refractivity contribution in [1.29, 1.82) is 0 Å². The van der Waals surface area contributed by atoms with Crippen LogP contribution < -0.4 is 0 Å². The molecule has 0 spiro atoms. The van der Waals surface area contributed by atoms with E-state index in [2.05, 4.69) is 52.0 Å². The topological polar surface area (TPSA) is 41.9 Å². The van der Waals surface area contributed by atoms with Crippen molar-refractivity contribution in [1.82, 2.24) is 4.90 Å². The lowest BCUT2D eigenvalue weighted by molar-refractivity contribution is -0.178. The molecule has 0 radical (unpaired) electrons. The van der Waals surface area contributed by atoms with Gasteiger partial charge in [-0.2, -0.15) is 0 Å². The fraction of sp³-hybridized carbons (Fsp3) is 0.750. The third-order valence-corrected chi connectivity index (χ3v) is 8.43. The second-order valence-electron chi connectivity index (χ2n) is 10.1. The van der Waals surface area contributed by atoms with Crippen LogP contribution in [0.2, 0.25) is 0 Å². The van der Waals surface area contributed by atoms with Crippen molar-refractivity contribution in [2.45, 2.75) is 69.3 Å². The van der Waals surface area contributed by atoms with Crippen molar-refractivity contribution in [3.8, 4) is 0 Å². The maximum absolute atomic E-state index is 10.8. The number of halogens is 1. The Bertz CT molecular complexity index is 673. The second-order valence-corrected chi connectivity index (χ2v) is 11.1. The van der Waals surface area contributed by atoms with Gasteiger partial charge in [-0.15, -0.1) is 0 Å². The first kappa shape index (κ1) is 20.4. The highest BCUT2D eigenvalue weighted by Gasteiger charge is 2.51. The number of hydrogen-bond acceptors (Lipinski definition) is 4. The van der Waals surface area contributed by atoms with Crippen molar-refractivity contribution in [3.63, 3.8) is 0 Å². The van der Waals surface area contributed by atoms with E-state index in [1.165, 1.54) is 44.1 Å². The molecule has 160 valence electrons. The molecule has 4 saturated carbocycles. The fourth-order valence-corrected chi connectivity index (χ4v) is 7.18. The molecular formula is C24H34BrNO3. The SMILES string of the molecule is CC1C(c2ccc(Br)cc2)OCCN1CC(O)COC12CC3CC(CC(C3)C1)C2. The number of hydrogen-bond donors (Lipinski definition) is 1. The van der Waals surface area contributed by atoms with Gasteiger partial charge in [-0.1, -0.05) is 28.1 Å². The first-order chi connectivity index (χ1) is 14.0. The van der Waals surface area contributed by atoms with Crippen molar-refractivity contribution < 1.29 is 14.6 Å². The fourth-order valence-electron chi connectivity index (χ4n) is 6.92. The van der Waals surface area contributed by atoms with Crippen molar-refractivity contribution in [2.75, 3.05) is 26.3 Å². The third kappa shape index (κ3) is 4.31. The van der Waals surface area contributed by atoms with Crippen molar-refractivity contribution in [2.24, 2.45) is 17.8 Å². The highest BCUT2D eigenvalue weighted by molar-refractivity contribution is 9.10. The van der Waals surface area contributed by atoms with Gasteiger partial charge in [0.15, 0.2) is 0 Å². The number of morpholine rings is 1. The Hall–Kier alpha value is -0.460. The Labute approximate surface area is 183 Å². The first-order valence-electron chi connectivity index (χ1n) is 11.4. The van der Waals surface area contributed by atoms with Crippen LogP contribution in [0.25, 0.3) is 0 Å². The molecule has 1 heterocycles. The molecule has 6 rings (SSSR count).